The van der Waals surface area contributed by atoms with E-state index >= 15 is 0 Å². The van der Waals surface area contributed by atoms with Gasteiger partial charge in [-0.25, -0.2) is 0 Å². The van der Waals surface area contributed by atoms with Gasteiger partial charge in [0.1, 0.15) is 6.04 Å². The average molecular weight is 274 g/mol. The molecule has 0 aliphatic carbocycles. The second kappa shape index (κ2) is 5.60. The number of ketones is 1. The van der Waals surface area contributed by atoms with E-state index in [1.54, 1.807) is 19.1 Å². The molecule has 0 aliphatic rings. The minimum absolute atomic E-state index is 0.160. The molecule has 0 saturated heterocycles. The quantitative estimate of drug-likeness (QED) is 0.473. The molecule has 0 amide bonds. The maximum Gasteiger partial charge on any atom is 0.490 e. The Morgan fingerprint density at radius 1 is 1.40 bits per heavy atom. The molecule has 7 heteroatoms. The van der Waals surface area contributed by atoms with Crippen molar-refractivity contribution in [2.45, 2.75) is 26.3 Å². The number of aryl methyl sites for hydroxylation is 1. The van der Waals surface area contributed by atoms with E-state index in [0.717, 1.165) is 12.0 Å². The topological polar surface area (TPSA) is 90.9 Å². The van der Waals surface area contributed by atoms with Gasteiger partial charge in [-0.05, 0) is 23.8 Å². The van der Waals surface area contributed by atoms with Crippen LogP contribution in [-0.4, -0.2) is 25.5 Å². The van der Waals surface area contributed by atoms with Crippen molar-refractivity contribution in [1.29, 1.82) is 0 Å². The van der Waals surface area contributed by atoms with Crippen LogP contribution < -0.4 is 0 Å². The highest BCUT2D eigenvalue weighted by Crippen LogP contribution is 2.15. The monoisotopic (exact) mass is 274 g/mol. The molecular weight excluding hydrogens is 260 g/mol. The summed E-state index contributed by atoms with van der Waals surface area (Å²) in [5.41, 5.74) is 1.69. The summed E-state index contributed by atoms with van der Waals surface area (Å²) in [5, 5.41) is 14.2. The number of aromatic nitrogens is 3. The molecule has 1 atom stereocenters. The number of Topliss-reactive ketones (excluding diaryl/α,β-unsaturated/α-hetero) is 1. The number of benzene rings is 1. The maximum absolute atomic E-state index is 12.3. The first-order chi connectivity index (χ1) is 9.52. The Hall–Kier alpha value is -2.57. The summed E-state index contributed by atoms with van der Waals surface area (Å²) in [7, 11) is 0. The molecule has 2 aromatic rings. The van der Waals surface area contributed by atoms with Gasteiger partial charge in [0.25, 0.3) is 0 Å². The summed E-state index contributed by atoms with van der Waals surface area (Å²) in [6.07, 6.45) is 2.10. The van der Waals surface area contributed by atoms with Crippen LogP contribution in [0.1, 0.15) is 35.8 Å². The number of carbonyl (C=O) groups excluding carboxylic acids is 1. The van der Waals surface area contributed by atoms with Crippen molar-refractivity contribution in [2.75, 3.05) is 0 Å². The third-order valence-electron chi connectivity index (χ3n) is 3.08. The number of nitrogens with zero attached hydrogens (tertiary/aromatic N) is 4. The predicted octanol–water partition coefficient (Wildman–Crippen LogP) is 2.19. The third kappa shape index (κ3) is 2.71. The van der Waals surface area contributed by atoms with Gasteiger partial charge in [0.2, 0.25) is 6.33 Å². The van der Waals surface area contributed by atoms with Gasteiger partial charge < -0.3 is 10.1 Å². The van der Waals surface area contributed by atoms with Crippen LogP contribution in [0, 0.1) is 10.1 Å². The van der Waals surface area contributed by atoms with Crippen LogP contribution in [0.25, 0.3) is 0 Å². The van der Waals surface area contributed by atoms with Crippen molar-refractivity contribution in [2.24, 2.45) is 0 Å². The van der Waals surface area contributed by atoms with E-state index in [4.69, 9.17) is 0 Å². The SMILES string of the molecule is CCc1ccc(C(=O)C(C)n2cnc([N+](=O)[O-])n2)cc1. The Balaban J connectivity index is 2.20. The smallest absolute Gasteiger partial charge is 0.390 e. The van der Waals surface area contributed by atoms with Gasteiger partial charge in [0.05, 0.1) is 0 Å². The molecule has 104 valence electrons. The average Bonchev–Trinajstić information content (AvgIpc) is 2.96. The zero-order chi connectivity index (χ0) is 14.7. The Kier molecular flexibility index (Phi) is 3.88. The number of hydrogen-bond donors (Lipinski definition) is 0. The predicted molar refractivity (Wildman–Crippen MR) is 71.5 cm³/mol. The number of hydrogen-bond acceptors (Lipinski definition) is 5. The van der Waals surface area contributed by atoms with Crippen molar-refractivity contribution in [3.05, 3.63) is 51.8 Å². The van der Waals surface area contributed by atoms with Gasteiger partial charge in [-0.2, -0.15) is 4.68 Å². The Morgan fingerprint density at radius 2 is 2.05 bits per heavy atom. The van der Waals surface area contributed by atoms with E-state index in [2.05, 4.69) is 10.1 Å². The lowest BCUT2D eigenvalue weighted by Crippen LogP contribution is -2.17. The highest BCUT2D eigenvalue weighted by atomic mass is 16.6. The maximum atomic E-state index is 12.3. The molecule has 0 saturated carbocycles. The first kappa shape index (κ1) is 13.9. The molecule has 1 heterocycles. The van der Waals surface area contributed by atoms with Gasteiger partial charge in [-0.3, -0.25) is 4.79 Å². The summed E-state index contributed by atoms with van der Waals surface area (Å²) in [6.45, 7) is 3.67. The zero-order valence-corrected chi connectivity index (χ0v) is 11.2. The van der Waals surface area contributed by atoms with E-state index in [9.17, 15) is 14.9 Å². The highest BCUT2D eigenvalue weighted by molar-refractivity contribution is 5.98. The lowest BCUT2D eigenvalue weighted by molar-refractivity contribution is -0.394. The van der Waals surface area contributed by atoms with Gasteiger partial charge in [-0.1, -0.05) is 36.2 Å². The molecular formula is C13H14N4O3. The molecule has 2 rings (SSSR count). The second-order valence-corrected chi connectivity index (χ2v) is 4.37. The van der Waals surface area contributed by atoms with Crippen molar-refractivity contribution < 1.29 is 9.72 Å². The first-order valence-electron chi connectivity index (χ1n) is 6.21. The standard InChI is InChI=1S/C13H14N4O3/c1-3-10-4-6-11(7-5-10)12(18)9(2)16-8-14-13(15-16)17(19)20/h4-9H,3H2,1-2H3. The number of carbonyl (C=O) groups is 1. The molecule has 0 aliphatic heterocycles. The Bertz CT molecular complexity index is 633. The molecule has 0 fully saturated rings. The Labute approximate surface area is 115 Å². The van der Waals surface area contributed by atoms with Crippen molar-refractivity contribution in [3.8, 4) is 0 Å². The fourth-order valence-corrected chi connectivity index (χ4v) is 1.80. The van der Waals surface area contributed by atoms with Crippen LogP contribution in [0.3, 0.4) is 0 Å². The van der Waals surface area contributed by atoms with Crippen LogP contribution >= 0.6 is 0 Å². The Morgan fingerprint density at radius 3 is 2.55 bits per heavy atom. The van der Waals surface area contributed by atoms with Crippen LogP contribution in [0.2, 0.25) is 0 Å². The van der Waals surface area contributed by atoms with Crippen LogP contribution in [0.15, 0.2) is 30.6 Å². The second-order valence-electron chi connectivity index (χ2n) is 4.37. The first-order valence-corrected chi connectivity index (χ1v) is 6.21. The normalized spacial score (nSPS) is 12.1. The molecule has 1 aromatic heterocycles. The van der Waals surface area contributed by atoms with Crippen molar-refractivity contribution >= 4 is 11.7 Å². The molecule has 0 bridgehead atoms. The molecule has 1 aromatic carbocycles. The fraction of sp³-hybridized carbons (Fsp3) is 0.308. The number of nitro groups is 1. The van der Waals surface area contributed by atoms with E-state index in [0.29, 0.717) is 5.56 Å². The summed E-state index contributed by atoms with van der Waals surface area (Å²) in [6, 6.07) is 6.66. The van der Waals surface area contributed by atoms with Crippen molar-refractivity contribution in [3.63, 3.8) is 0 Å². The summed E-state index contributed by atoms with van der Waals surface area (Å²) in [5.74, 6) is -0.668. The van der Waals surface area contributed by atoms with Gasteiger partial charge >= 0.3 is 5.95 Å². The largest absolute Gasteiger partial charge is 0.490 e. The lowest BCUT2D eigenvalue weighted by atomic mass is 10.0. The highest BCUT2D eigenvalue weighted by Gasteiger charge is 2.23. The van der Waals surface area contributed by atoms with E-state index in [-0.39, 0.29) is 5.78 Å². The molecule has 1 unspecified atom stereocenters. The van der Waals surface area contributed by atoms with Crippen molar-refractivity contribution in [1.82, 2.24) is 14.8 Å². The van der Waals surface area contributed by atoms with E-state index < -0.39 is 16.9 Å². The minimum Gasteiger partial charge on any atom is -0.390 e. The summed E-state index contributed by atoms with van der Waals surface area (Å²) >= 11 is 0. The van der Waals surface area contributed by atoms with Gasteiger partial charge in [0.15, 0.2) is 5.78 Å². The fourth-order valence-electron chi connectivity index (χ4n) is 1.80. The molecule has 0 radical (unpaired) electrons. The number of rotatable bonds is 5. The molecule has 7 nitrogen and oxygen atoms in total. The molecule has 0 N–H and O–H groups in total. The zero-order valence-electron chi connectivity index (χ0n) is 11.2. The van der Waals surface area contributed by atoms with E-state index in [1.165, 1.54) is 11.0 Å². The lowest BCUT2D eigenvalue weighted by Gasteiger charge is -2.08. The molecule has 0 spiro atoms. The minimum atomic E-state index is -0.691. The van der Waals surface area contributed by atoms with E-state index in [1.807, 2.05) is 19.1 Å². The van der Waals surface area contributed by atoms with Gasteiger partial charge in [-0.15, -0.1) is 0 Å². The molecule has 20 heavy (non-hydrogen) atoms. The van der Waals surface area contributed by atoms with Crippen LogP contribution in [-0.2, 0) is 6.42 Å². The summed E-state index contributed by atoms with van der Waals surface area (Å²) < 4.78 is 1.20. The van der Waals surface area contributed by atoms with Crippen LogP contribution in [0.4, 0.5) is 5.95 Å². The third-order valence-corrected chi connectivity index (χ3v) is 3.08. The van der Waals surface area contributed by atoms with Gasteiger partial charge in [0, 0.05) is 10.7 Å². The summed E-state index contributed by atoms with van der Waals surface area (Å²) in [4.78, 5) is 25.6. The van der Waals surface area contributed by atoms with Crippen LogP contribution in [0.5, 0.6) is 0 Å².